The minimum absolute atomic E-state index is 0.176. The molecule has 2 aromatic carbocycles. The molecule has 18 heavy (non-hydrogen) atoms. The molecule has 2 rings (SSSR count). The van der Waals surface area contributed by atoms with Crippen molar-refractivity contribution in [3.8, 4) is 17.2 Å². The van der Waals surface area contributed by atoms with Crippen molar-refractivity contribution in [1.82, 2.24) is 0 Å². The first-order valence-electron chi connectivity index (χ1n) is 5.45. The summed E-state index contributed by atoms with van der Waals surface area (Å²) in [6, 6.07) is 12.5. The molecule has 0 saturated heterocycles. The standard InChI is InChI=1S/C14H13ClO3/c1-17-13-6-2-3-7-14(13)18-12-8-4-5-11(15)10(12)9-16/h2-8,16H,9H2,1H3. The minimum Gasteiger partial charge on any atom is -0.493 e. The summed E-state index contributed by atoms with van der Waals surface area (Å²) in [5.74, 6) is 1.73. The van der Waals surface area contributed by atoms with Gasteiger partial charge in [0.1, 0.15) is 5.75 Å². The molecule has 2 aromatic rings. The quantitative estimate of drug-likeness (QED) is 0.916. The number of aliphatic hydroxyl groups is 1. The molecule has 0 bridgehead atoms. The van der Waals surface area contributed by atoms with Crippen LogP contribution in [0.2, 0.25) is 5.02 Å². The maximum Gasteiger partial charge on any atom is 0.169 e. The Balaban J connectivity index is 2.37. The highest BCUT2D eigenvalue weighted by Gasteiger charge is 2.10. The van der Waals surface area contributed by atoms with E-state index in [2.05, 4.69) is 0 Å². The number of aliphatic hydroxyl groups excluding tert-OH is 1. The normalized spacial score (nSPS) is 10.2. The number of hydrogen-bond donors (Lipinski definition) is 1. The van der Waals surface area contributed by atoms with Gasteiger partial charge in [-0.3, -0.25) is 0 Å². The average Bonchev–Trinajstić information content (AvgIpc) is 2.40. The second-order valence-corrected chi connectivity index (χ2v) is 4.03. The maximum atomic E-state index is 9.31. The molecular weight excluding hydrogens is 252 g/mol. The first kappa shape index (κ1) is 12.7. The van der Waals surface area contributed by atoms with E-state index in [0.29, 0.717) is 27.8 Å². The number of hydrogen-bond acceptors (Lipinski definition) is 3. The monoisotopic (exact) mass is 264 g/mol. The van der Waals surface area contributed by atoms with E-state index in [4.69, 9.17) is 21.1 Å². The predicted molar refractivity (Wildman–Crippen MR) is 70.4 cm³/mol. The Kier molecular flexibility index (Phi) is 4.07. The molecular formula is C14H13ClO3. The third-order valence-electron chi connectivity index (χ3n) is 2.52. The minimum atomic E-state index is -0.176. The summed E-state index contributed by atoms with van der Waals surface area (Å²) >= 11 is 6.00. The van der Waals surface area contributed by atoms with Crippen LogP contribution in [-0.2, 0) is 6.61 Å². The van der Waals surface area contributed by atoms with E-state index in [1.807, 2.05) is 12.1 Å². The second kappa shape index (κ2) is 5.76. The van der Waals surface area contributed by atoms with Crippen LogP contribution >= 0.6 is 11.6 Å². The largest absolute Gasteiger partial charge is 0.493 e. The predicted octanol–water partition coefficient (Wildman–Crippen LogP) is 3.63. The molecule has 0 unspecified atom stereocenters. The van der Waals surface area contributed by atoms with Crippen molar-refractivity contribution in [3.05, 3.63) is 53.1 Å². The van der Waals surface area contributed by atoms with Gasteiger partial charge in [-0.25, -0.2) is 0 Å². The Morgan fingerprint density at radius 1 is 1.00 bits per heavy atom. The number of rotatable bonds is 4. The van der Waals surface area contributed by atoms with E-state index in [0.717, 1.165) is 0 Å². The lowest BCUT2D eigenvalue weighted by atomic mass is 10.2. The van der Waals surface area contributed by atoms with E-state index in [-0.39, 0.29) is 6.61 Å². The fourth-order valence-electron chi connectivity index (χ4n) is 1.61. The summed E-state index contributed by atoms with van der Waals surface area (Å²) in [4.78, 5) is 0. The molecule has 0 atom stereocenters. The average molecular weight is 265 g/mol. The molecule has 4 heteroatoms. The molecule has 3 nitrogen and oxygen atoms in total. The Hall–Kier alpha value is -1.71. The zero-order valence-corrected chi connectivity index (χ0v) is 10.6. The molecule has 0 spiro atoms. The van der Waals surface area contributed by atoms with Gasteiger partial charge in [0, 0.05) is 10.6 Å². The fraction of sp³-hybridized carbons (Fsp3) is 0.143. The third-order valence-corrected chi connectivity index (χ3v) is 2.88. The summed E-state index contributed by atoms with van der Waals surface area (Å²) in [5, 5.41) is 9.78. The van der Waals surface area contributed by atoms with Crippen LogP contribution in [-0.4, -0.2) is 12.2 Å². The Bertz CT molecular complexity index is 540. The van der Waals surface area contributed by atoms with Crippen molar-refractivity contribution in [2.24, 2.45) is 0 Å². The molecule has 0 fully saturated rings. The van der Waals surface area contributed by atoms with Crippen LogP contribution in [0.5, 0.6) is 17.2 Å². The molecule has 0 aliphatic carbocycles. The first-order valence-corrected chi connectivity index (χ1v) is 5.83. The lowest BCUT2D eigenvalue weighted by molar-refractivity contribution is 0.276. The van der Waals surface area contributed by atoms with E-state index in [9.17, 15) is 5.11 Å². The zero-order valence-electron chi connectivity index (χ0n) is 9.89. The van der Waals surface area contributed by atoms with Crippen molar-refractivity contribution in [2.75, 3.05) is 7.11 Å². The fourth-order valence-corrected chi connectivity index (χ4v) is 1.84. The van der Waals surface area contributed by atoms with Crippen molar-refractivity contribution in [3.63, 3.8) is 0 Å². The van der Waals surface area contributed by atoms with Crippen LogP contribution in [0.4, 0.5) is 0 Å². The SMILES string of the molecule is COc1ccccc1Oc1cccc(Cl)c1CO. The first-order chi connectivity index (χ1) is 8.76. The van der Waals surface area contributed by atoms with E-state index in [1.54, 1.807) is 37.4 Å². The van der Waals surface area contributed by atoms with Gasteiger partial charge in [0.2, 0.25) is 0 Å². The Morgan fingerprint density at radius 2 is 1.67 bits per heavy atom. The molecule has 0 radical (unpaired) electrons. The molecule has 0 heterocycles. The summed E-state index contributed by atoms with van der Waals surface area (Å²) in [6.07, 6.45) is 0. The number of halogens is 1. The highest BCUT2D eigenvalue weighted by Crippen LogP contribution is 2.34. The van der Waals surface area contributed by atoms with Gasteiger partial charge in [-0.15, -0.1) is 0 Å². The van der Waals surface area contributed by atoms with Crippen LogP contribution in [0, 0.1) is 0 Å². The molecule has 0 amide bonds. The van der Waals surface area contributed by atoms with Gasteiger partial charge < -0.3 is 14.6 Å². The highest BCUT2D eigenvalue weighted by atomic mass is 35.5. The number of para-hydroxylation sites is 2. The molecule has 0 aliphatic heterocycles. The van der Waals surface area contributed by atoms with Crippen LogP contribution < -0.4 is 9.47 Å². The maximum absolute atomic E-state index is 9.31. The molecule has 94 valence electrons. The van der Waals surface area contributed by atoms with E-state index < -0.39 is 0 Å². The van der Waals surface area contributed by atoms with Gasteiger partial charge in [0.05, 0.1) is 13.7 Å². The summed E-state index contributed by atoms with van der Waals surface area (Å²) in [7, 11) is 1.58. The summed E-state index contributed by atoms with van der Waals surface area (Å²) in [5.41, 5.74) is 0.560. The van der Waals surface area contributed by atoms with Crippen molar-refractivity contribution < 1.29 is 14.6 Å². The Morgan fingerprint density at radius 3 is 2.33 bits per heavy atom. The topological polar surface area (TPSA) is 38.7 Å². The number of benzene rings is 2. The van der Waals surface area contributed by atoms with Crippen LogP contribution in [0.3, 0.4) is 0 Å². The molecule has 1 N–H and O–H groups in total. The van der Waals surface area contributed by atoms with Crippen LogP contribution in [0.1, 0.15) is 5.56 Å². The zero-order chi connectivity index (χ0) is 13.0. The lowest BCUT2D eigenvalue weighted by Crippen LogP contribution is -1.94. The van der Waals surface area contributed by atoms with Crippen molar-refractivity contribution >= 4 is 11.6 Å². The van der Waals surface area contributed by atoms with Crippen molar-refractivity contribution in [2.45, 2.75) is 6.61 Å². The van der Waals surface area contributed by atoms with Gasteiger partial charge >= 0.3 is 0 Å². The lowest BCUT2D eigenvalue weighted by Gasteiger charge is -2.13. The van der Waals surface area contributed by atoms with Crippen molar-refractivity contribution in [1.29, 1.82) is 0 Å². The van der Waals surface area contributed by atoms with Crippen LogP contribution in [0.15, 0.2) is 42.5 Å². The number of methoxy groups -OCH3 is 1. The van der Waals surface area contributed by atoms with E-state index >= 15 is 0 Å². The summed E-state index contributed by atoms with van der Waals surface area (Å²) < 4.78 is 10.9. The van der Waals surface area contributed by atoms with Gasteiger partial charge in [-0.05, 0) is 24.3 Å². The second-order valence-electron chi connectivity index (χ2n) is 3.63. The van der Waals surface area contributed by atoms with E-state index in [1.165, 1.54) is 0 Å². The highest BCUT2D eigenvalue weighted by molar-refractivity contribution is 6.31. The number of ether oxygens (including phenoxy) is 2. The van der Waals surface area contributed by atoms with Gasteiger partial charge in [-0.1, -0.05) is 29.8 Å². The molecule has 0 aliphatic rings. The Labute approximate surface area is 111 Å². The van der Waals surface area contributed by atoms with Gasteiger partial charge in [-0.2, -0.15) is 0 Å². The smallest absolute Gasteiger partial charge is 0.169 e. The molecule has 0 saturated carbocycles. The van der Waals surface area contributed by atoms with Crippen LogP contribution in [0.25, 0.3) is 0 Å². The summed E-state index contributed by atoms with van der Waals surface area (Å²) in [6.45, 7) is -0.176. The third kappa shape index (κ3) is 2.58. The van der Waals surface area contributed by atoms with Gasteiger partial charge in [0.15, 0.2) is 11.5 Å². The van der Waals surface area contributed by atoms with Gasteiger partial charge in [0.25, 0.3) is 0 Å². The molecule has 0 aromatic heterocycles.